The first-order chi connectivity index (χ1) is 13.0. The molecule has 0 saturated carbocycles. The number of aryl methyl sites for hydroxylation is 2. The van der Waals surface area contributed by atoms with E-state index >= 15 is 0 Å². The minimum atomic E-state index is -0.520. The van der Waals surface area contributed by atoms with Gasteiger partial charge in [0.05, 0.1) is 6.61 Å². The number of carbonyl (C=O) groups excluding carboxylic acids is 2. The fourth-order valence-corrected chi connectivity index (χ4v) is 3.30. The smallest absolute Gasteiger partial charge is 0.319 e. The number of urea groups is 1. The van der Waals surface area contributed by atoms with Crippen molar-refractivity contribution in [2.75, 3.05) is 23.4 Å². The molecule has 1 aliphatic rings. The average Bonchev–Trinajstić information content (AvgIpc) is 2.96. The SMILES string of the molecule is CCOc1ccc(NC(=O)N[C@@H]2CCN(c3cc(C)cc(C)c3)C2=O)cc1. The van der Waals surface area contributed by atoms with Crippen LogP contribution in [-0.4, -0.2) is 31.1 Å². The Morgan fingerprint density at radius 3 is 2.44 bits per heavy atom. The Hall–Kier alpha value is -3.02. The molecule has 0 radical (unpaired) electrons. The first-order valence-corrected chi connectivity index (χ1v) is 9.16. The highest BCUT2D eigenvalue weighted by atomic mass is 16.5. The molecule has 142 valence electrons. The zero-order chi connectivity index (χ0) is 19.4. The second-order valence-corrected chi connectivity index (χ2v) is 6.73. The van der Waals surface area contributed by atoms with Gasteiger partial charge in [0.25, 0.3) is 0 Å². The maximum atomic E-state index is 12.7. The minimum absolute atomic E-state index is 0.0816. The lowest BCUT2D eigenvalue weighted by Crippen LogP contribution is -2.43. The van der Waals surface area contributed by atoms with Crippen molar-refractivity contribution in [2.45, 2.75) is 33.2 Å². The highest BCUT2D eigenvalue weighted by Gasteiger charge is 2.33. The zero-order valence-electron chi connectivity index (χ0n) is 15.9. The van der Waals surface area contributed by atoms with Gasteiger partial charge in [-0.2, -0.15) is 0 Å². The number of rotatable bonds is 5. The number of carbonyl (C=O) groups is 2. The maximum absolute atomic E-state index is 12.7. The zero-order valence-corrected chi connectivity index (χ0v) is 15.9. The average molecular weight is 367 g/mol. The van der Waals surface area contributed by atoms with Crippen LogP contribution in [-0.2, 0) is 4.79 Å². The largest absolute Gasteiger partial charge is 0.494 e. The van der Waals surface area contributed by atoms with E-state index in [4.69, 9.17) is 4.74 Å². The summed E-state index contributed by atoms with van der Waals surface area (Å²) in [5.41, 5.74) is 3.76. The van der Waals surface area contributed by atoms with E-state index in [9.17, 15) is 9.59 Å². The summed E-state index contributed by atoms with van der Waals surface area (Å²) in [7, 11) is 0. The molecule has 2 N–H and O–H groups in total. The van der Waals surface area contributed by atoms with Crippen LogP contribution in [0.4, 0.5) is 16.2 Å². The summed E-state index contributed by atoms with van der Waals surface area (Å²) in [6.45, 7) is 7.12. The Morgan fingerprint density at radius 1 is 1.15 bits per heavy atom. The number of amides is 3. The molecule has 2 aromatic carbocycles. The van der Waals surface area contributed by atoms with Gasteiger partial charge in [-0.05, 0) is 74.7 Å². The van der Waals surface area contributed by atoms with E-state index < -0.39 is 6.04 Å². The lowest BCUT2D eigenvalue weighted by Gasteiger charge is -2.18. The summed E-state index contributed by atoms with van der Waals surface area (Å²) in [6.07, 6.45) is 0.586. The number of anilines is 2. The van der Waals surface area contributed by atoms with E-state index in [1.54, 1.807) is 29.2 Å². The molecule has 3 amide bonds. The van der Waals surface area contributed by atoms with Crippen molar-refractivity contribution >= 4 is 23.3 Å². The second-order valence-electron chi connectivity index (χ2n) is 6.73. The molecule has 27 heavy (non-hydrogen) atoms. The van der Waals surface area contributed by atoms with Crippen molar-refractivity contribution in [3.63, 3.8) is 0 Å². The Labute approximate surface area is 159 Å². The van der Waals surface area contributed by atoms with Crippen LogP contribution < -0.4 is 20.3 Å². The summed E-state index contributed by atoms with van der Waals surface area (Å²) in [4.78, 5) is 26.7. The van der Waals surface area contributed by atoms with Gasteiger partial charge in [0.1, 0.15) is 11.8 Å². The molecule has 6 heteroatoms. The van der Waals surface area contributed by atoms with Crippen LogP contribution in [0.25, 0.3) is 0 Å². The van der Waals surface area contributed by atoms with Crippen molar-refractivity contribution in [3.05, 3.63) is 53.6 Å². The maximum Gasteiger partial charge on any atom is 0.319 e. The molecule has 1 saturated heterocycles. The molecule has 3 rings (SSSR count). The number of hydrogen-bond donors (Lipinski definition) is 2. The normalized spacial score (nSPS) is 16.3. The lowest BCUT2D eigenvalue weighted by molar-refractivity contribution is -0.118. The van der Waals surface area contributed by atoms with Crippen LogP contribution in [0.5, 0.6) is 5.75 Å². The lowest BCUT2D eigenvalue weighted by atomic mass is 10.1. The van der Waals surface area contributed by atoms with Gasteiger partial charge < -0.3 is 20.3 Å². The van der Waals surface area contributed by atoms with Gasteiger partial charge >= 0.3 is 6.03 Å². The van der Waals surface area contributed by atoms with Gasteiger partial charge in [-0.3, -0.25) is 4.79 Å². The van der Waals surface area contributed by atoms with Crippen LogP contribution >= 0.6 is 0 Å². The number of hydrogen-bond acceptors (Lipinski definition) is 3. The van der Waals surface area contributed by atoms with Gasteiger partial charge in [0, 0.05) is 17.9 Å². The third-order valence-corrected chi connectivity index (χ3v) is 4.45. The highest BCUT2D eigenvalue weighted by Crippen LogP contribution is 2.24. The standard InChI is InChI=1S/C21H25N3O3/c1-4-27-18-7-5-16(6-8-18)22-21(26)23-19-9-10-24(20(19)25)17-12-14(2)11-15(3)13-17/h5-8,11-13,19H,4,9-10H2,1-3H3,(H2,22,23,26)/t19-/m1/s1. The van der Waals surface area contributed by atoms with Gasteiger partial charge in [-0.15, -0.1) is 0 Å². The van der Waals surface area contributed by atoms with E-state index in [0.29, 0.717) is 25.3 Å². The fourth-order valence-electron chi connectivity index (χ4n) is 3.30. The van der Waals surface area contributed by atoms with Crippen LogP contribution in [0.15, 0.2) is 42.5 Å². The molecular weight excluding hydrogens is 342 g/mol. The minimum Gasteiger partial charge on any atom is -0.494 e. The molecule has 0 unspecified atom stereocenters. The highest BCUT2D eigenvalue weighted by molar-refractivity contribution is 6.02. The monoisotopic (exact) mass is 367 g/mol. The number of benzene rings is 2. The Kier molecular flexibility index (Phi) is 5.64. The van der Waals surface area contributed by atoms with Crippen molar-refractivity contribution in [1.29, 1.82) is 0 Å². The van der Waals surface area contributed by atoms with Crippen LogP contribution in [0.1, 0.15) is 24.5 Å². The van der Waals surface area contributed by atoms with E-state index in [1.165, 1.54) is 0 Å². The van der Waals surface area contributed by atoms with Gasteiger partial charge in [0.15, 0.2) is 0 Å². The molecule has 6 nitrogen and oxygen atoms in total. The van der Waals surface area contributed by atoms with Gasteiger partial charge in [-0.25, -0.2) is 4.79 Å². The van der Waals surface area contributed by atoms with Crippen molar-refractivity contribution in [3.8, 4) is 5.75 Å². The number of ether oxygens (including phenoxy) is 1. The van der Waals surface area contributed by atoms with Gasteiger partial charge in [-0.1, -0.05) is 6.07 Å². The molecule has 1 fully saturated rings. The van der Waals surface area contributed by atoms with E-state index in [0.717, 1.165) is 22.6 Å². The second kappa shape index (κ2) is 8.12. The third-order valence-electron chi connectivity index (χ3n) is 4.45. The first-order valence-electron chi connectivity index (χ1n) is 9.16. The third kappa shape index (κ3) is 4.58. The van der Waals surface area contributed by atoms with Gasteiger partial charge in [0.2, 0.25) is 5.91 Å². The summed E-state index contributed by atoms with van der Waals surface area (Å²) < 4.78 is 5.38. The van der Waals surface area contributed by atoms with Crippen molar-refractivity contribution in [2.24, 2.45) is 0 Å². The number of nitrogens with one attached hydrogen (secondary N) is 2. The Balaban J connectivity index is 1.59. The van der Waals surface area contributed by atoms with E-state index in [-0.39, 0.29) is 11.9 Å². The topological polar surface area (TPSA) is 70.7 Å². The quantitative estimate of drug-likeness (QED) is 0.848. The molecule has 0 bridgehead atoms. The van der Waals surface area contributed by atoms with Crippen LogP contribution in [0.3, 0.4) is 0 Å². The Bertz CT molecular complexity index is 813. The molecule has 0 spiro atoms. The number of nitrogens with zero attached hydrogens (tertiary/aromatic N) is 1. The molecular formula is C21H25N3O3. The molecule has 0 aliphatic carbocycles. The van der Waals surface area contributed by atoms with Crippen molar-refractivity contribution in [1.82, 2.24) is 5.32 Å². The summed E-state index contributed by atoms with van der Waals surface area (Å²) in [5, 5.41) is 5.53. The van der Waals surface area contributed by atoms with E-state index in [1.807, 2.05) is 32.9 Å². The summed E-state index contributed by atoms with van der Waals surface area (Å²) >= 11 is 0. The molecule has 2 aromatic rings. The predicted octanol–water partition coefficient (Wildman–Crippen LogP) is 3.63. The molecule has 1 aliphatic heterocycles. The first kappa shape index (κ1) is 18.8. The van der Waals surface area contributed by atoms with E-state index in [2.05, 4.69) is 16.7 Å². The summed E-state index contributed by atoms with van der Waals surface area (Å²) in [6, 6.07) is 12.3. The molecule has 0 aromatic heterocycles. The molecule has 1 atom stereocenters. The Morgan fingerprint density at radius 2 is 1.81 bits per heavy atom. The van der Waals surface area contributed by atoms with Crippen molar-refractivity contribution < 1.29 is 14.3 Å². The van der Waals surface area contributed by atoms with Crippen LogP contribution in [0, 0.1) is 13.8 Å². The summed E-state index contributed by atoms with van der Waals surface area (Å²) in [5.74, 6) is 0.667. The predicted molar refractivity (Wildman–Crippen MR) is 106 cm³/mol. The van der Waals surface area contributed by atoms with Crippen LogP contribution in [0.2, 0.25) is 0 Å². The fraction of sp³-hybridized carbons (Fsp3) is 0.333. The molecule has 1 heterocycles.